The molecule has 1 aliphatic heterocycles. The van der Waals surface area contributed by atoms with Gasteiger partial charge >= 0.3 is 0 Å². The van der Waals surface area contributed by atoms with Gasteiger partial charge in [0, 0.05) is 33.0 Å². The van der Waals surface area contributed by atoms with E-state index in [-0.39, 0.29) is 6.04 Å². The number of thioether (sulfide) groups is 1. The van der Waals surface area contributed by atoms with Crippen molar-refractivity contribution in [1.82, 2.24) is 15.0 Å². The van der Waals surface area contributed by atoms with Gasteiger partial charge in [0.25, 0.3) is 0 Å². The minimum Gasteiger partial charge on any atom is -0.456 e. The quantitative estimate of drug-likeness (QED) is 0.174. The van der Waals surface area contributed by atoms with Crippen molar-refractivity contribution in [3.8, 4) is 56.4 Å². The zero-order chi connectivity index (χ0) is 34.4. The molecule has 0 saturated heterocycles. The molecular formula is C46H30N4OS. The van der Waals surface area contributed by atoms with E-state index in [1.165, 1.54) is 0 Å². The fourth-order valence-electron chi connectivity index (χ4n) is 7.08. The smallest absolute Gasteiger partial charge is 0.164 e. The molecule has 2 aromatic heterocycles. The topological polar surface area (TPSA) is 64.2 Å². The van der Waals surface area contributed by atoms with Crippen molar-refractivity contribution in [2.75, 3.05) is 0 Å². The van der Waals surface area contributed by atoms with E-state index in [1.807, 2.05) is 66.4 Å². The Morgan fingerprint density at radius 3 is 1.77 bits per heavy atom. The van der Waals surface area contributed by atoms with Crippen LogP contribution in [0.5, 0.6) is 0 Å². The lowest BCUT2D eigenvalue weighted by atomic mass is 9.96. The van der Waals surface area contributed by atoms with Crippen LogP contribution in [0.1, 0.15) is 5.56 Å². The average Bonchev–Trinajstić information content (AvgIpc) is 3.83. The van der Waals surface area contributed by atoms with Crippen molar-refractivity contribution in [2.45, 2.75) is 11.3 Å². The van der Waals surface area contributed by atoms with E-state index in [2.05, 4.69) is 115 Å². The molecular weight excluding hydrogens is 657 g/mol. The molecule has 0 N–H and O–H groups in total. The van der Waals surface area contributed by atoms with Crippen molar-refractivity contribution in [3.05, 3.63) is 175 Å². The van der Waals surface area contributed by atoms with Gasteiger partial charge in [0.05, 0.1) is 16.3 Å². The largest absolute Gasteiger partial charge is 0.456 e. The summed E-state index contributed by atoms with van der Waals surface area (Å²) < 4.78 is 6.45. The average molecular weight is 687 g/mol. The van der Waals surface area contributed by atoms with Crippen molar-refractivity contribution in [1.29, 1.82) is 0 Å². The number of hydrogen-bond donors (Lipinski definition) is 0. The van der Waals surface area contributed by atoms with Gasteiger partial charge in [-0.3, -0.25) is 4.99 Å². The number of allylic oxidation sites excluding steroid dienone is 2. The summed E-state index contributed by atoms with van der Waals surface area (Å²) in [4.78, 5) is 20.6. The lowest BCUT2D eigenvalue weighted by molar-refractivity contribution is 0.669. The molecule has 8 aromatic rings. The van der Waals surface area contributed by atoms with Crippen molar-refractivity contribution in [3.63, 3.8) is 0 Å². The molecule has 0 bridgehead atoms. The Balaban J connectivity index is 1.17. The molecule has 2 atom stereocenters. The first-order chi connectivity index (χ1) is 25.7. The molecule has 2 aliphatic rings. The van der Waals surface area contributed by atoms with Crippen LogP contribution in [0.2, 0.25) is 0 Å². The molecule has 0 radical (unpaired) electrons. The highest BCUT2D eigenvalue weighted by Crippen LogP contribution is 2.40. The van der Waals surface area contributed by atoms with Gasteiger partial charge in [-0.1, -0.05) is 139 Å². The highest BCUT2D eigenvalue weighted by molar-refractivity contribution is 8.15. The number of nitrogens with zero attached hydrogens (tertiary/aromatic N) is 4. The highest BCUT2D eigenvalue weighted by Gasteiger charge is 2.29. The van der Waals surface area contributed by atoms with Crippen LogP contribution in [-0.2, 0) is 0 Å². The van der Waals surface area contributed by atoms with Crippen molar-refractivity contribution >= 4 is 38.7 Å². The first-order valence-electron chi connectivity index (χ1n) is 17.4. The van der Waals surface area contributed by atoms with Crippen molar-refractivity contribution < 1.29 is 4.42 Å². The van der Waals surface area contributed by atoms with Crippen LogP contribution < -0.4 is 0 Å². The third kappa shape index (κ3) is 5.54. The minimum absolute atomic E-state index is 0.167. The zero-order valence-corrected chi connectivity index (χ0v) is 28.7. The first kappa shape index (κ1) is 30.5. The van der Waals surface area contributed by atoms with Gasteiger partial charge in [-0.25, -0.2) is 15.0 Å². The van der Waals surface area contributed by atoms with Gasteiger partial charge < -0.3 is 4.42 Å². The van der Waals surface area contributed by atoms with E-state index in [4.69, 9.17) is 24.4 Å². The third-order valence-electron chi connectivity index (χ3n) is 9.63. The van der Waals surface area contributed by atoms with Gasteiger partial charge in [-0.05, 0) is 64.7 Å². The van der Waals surface area contributed by atoms with Gasteiger partial charge in [0.1, 0.15) is 11.2 Å². The molecule has 246 valence electrons. The van der Waals surface area contributed by atoms with Crippen molar-refractivity contribution in [2.24, 2.45) is 4.99 Å². The molecule has 6 aromatic carbocycles. The summed E-state index contributed by atoms with van der Waals surface area (Å²) in [7, 11) is 0. The second-order valence-electron chi connectivity index (χ2n) is 13.0. The molecule has 0 saturated carbocycles. The van der Waals surface area contributed by atoms with Crippen LogP contribution in [0.4, 0.5) is 0 Å². The van der Waals surface area contributed by atoms with Crippen LogP contribution in [0, 0.1) is 0 Å². The SMILES string of the molecule is C1=CC2N=C(c3ccc4oc5cccc(-c6nc(-c7ccccc7)nc(-c7cc(-c8ccccc8)cc(-c8ccccc8)c7)n6)c5c4c3)SC2C=C1. The molecule has 3 heterocycles. The predicted molar refractivity (Wildman–Crippen MR) is 214 cm³/mol. The predicted octanol–water partition coefficient (Wildman–Crippen LogP) is 11.5. The lowest BCUT2D eigenvalue weighted by Gasteiger charge is -2.13. The maximum Gasteiger partial charge on any atom is 0.164 e. The Kier molecular flexibility index (Phi) is 7.47. The summed E-state index contributed by atoms with van der Waals surface area (Å²) in [6.07, 6.45) is 8.60. The van der Waals surface area contributed by atoms with Gasteiger partial charge in [0.2, 0.25) is 0 Å². The number of hydrogen-bond acceptors (Lipinski definition) is 6. The second-order valence-corrected chi connectivity index (χ2v) is 14.1. The molecule has 5 nitrogen and oxygen atoms in total. The summed E-state index contributed by atoms with van der Waals surface area (Å²) >= 11 is 1.81. The normalized spacial score (nSPS) is 16.3. The fraction of sp³-hybridized carbons (Fsp3) is 0.0435. The first-order valence-corrected chi connectivity index (χ1v) is 18.2. The number of benzene rings is 6. The van der Waals surface area contributed by atoms with Gasteiger partial charge in [0.15, 0.2) is 17.5 Å². The monoisotopic (exact) mass is 686 g/mol. The van der Waals surface area contributed by atoms with E-state index >= 15 is 0 Å². The van der Waals surface area contributed by atoms with E-state index in [9.17, 15) is 0 Å². The molecule has 2 unspecified atom stereocenters. The molecule has 52 heavy (non-hydrogen) atoms. The Morgan fingerprint density at radius 1 is 0.462 bits per heavy atom. The van der Waals surface area contributed by atoms with Crippen LogP contribution in [0.15, 0.2) is 179 Å². The molecule has 0 spiro atoms. The zero-order valence-electron chi connectivity index (χ0n) is 27.9. The Labute approximate surface area is 305 Å². The van der Waals surface area contributed by atoms with Crippen LogP contribution in [0.3, 0.4) is 0 Å². The Morgan fingerprint density at radius 2 is 1.08 bits per heavy atom. The van der Waals surface area contributed by atoms with Crippen LogP contribution in [-0.4, -0.2) is 31.3 Å². The Hall–Kier alpha value is -6.37. The van der Waals surface area contributed by atoms with Crippen LogP contribution >= 0.6 is 11.8 Å². The molecule has 6 heteroatoms. The van der Waals surface area contributed by atoms with Gasteiger partial charge in [-0.15, -0.1) is 0 Å². The summed E-state index contributed by atoms with van der Waals surface area (Å²) in [5.41, 5.74) is 9.83. The number of aliphatic imine (C=N–C) groups is 1. The summed E-state index contributed by atoms with van der Waals surface area (Å²) in [6, 6.07) is 50.3. The number of aromatic nitrogens is 3. The second kappa shape index (κ2) is 12.7. The van der Waals surface area contributed by atoms with E-state index in [0.717, 1.165) is 71.5 Å². The summed E-state index contributed by atoms with van der Waals surface area (Å²) in [5.74, 6) is 1.80. The van der Waals surface area contributed by atoms with Gasteiger partial charge in [-0.2, -0.15) is 0 Å². The summed E-state index contributed by atoms with van der Waals surface area (Å²) in [6.45, 7) is 0. The number of fused-ring (bicyclic) bond motifs is 4. The standard InChI is InChI=1S/C46H30N4OS/c1-4-13-29(14-5-1)33-25-34(30-15-6-2-7-16-30)27-35(26-33)44-48-43(31-17-8-3-9-18-31)49-45(50-44)36-19-12-21-40-42(36)37-28-32(23-24-39(37)51-40)46-47-38-20-10-11-22-41(38)52-46/h1-28,38,41H. The van der Waals surface area contributed by atoms with E-state index in [1.54, 1.807) is 0 Å². The fourth-order valence-corrected chi connectivity index (χ4v) is 8.24. The number of furan rings is 1. The maximum atomic E-state index is 6.45. The van der Waals surface area contributed by atoms with Crippen LogP contribution in [0.25, 0.3) is 78.4 Å². The lowest BCUT2D eigenvalue weighted by Crippen LogP contribution is -2.13. The maximum absolute atomic E-state index is 6.45. The molecule has 0 fully saturated rings. The van der Waals surface area contributed by atoms with E-state index < -0.39 is 0 Å². The third-order valence-corrected chi connectivity index (χ3v) is 10.9. The Bertz CT molecular complexity index is 2660. The molecule has 0 amide bonds. The minimum atomic E-state index is 0.167. The van der Waals surface area contributed by atoms with E-state index in [0.29, 0.717) is 22.7 Å². The molecule has 10 rings (SSSR count). The molecule has 1 aliphatic carbocycles. The summed E-state index contributed by atoms with van der Waals surface area (Å²) in [5, 5.41) is 3.35. The highest BCUT2D eigenvalue weighted by atomic mass is 32.2. The number of rotatable bonds is 6.